The van der Waals surface area contributed by atoms with E-state index >= 15 is 0 Å². The van der Waals surface area contributed by atoms with E-state index in [0.29, 0.717) is 12.8 Å². The predicted molar refractivity (Wildman–Crippen MR) is 132 cm³/mol. The average molecular weight is 491 g/mol. The van der Waals surface area contributed by atoms with Crippen LogP contribution in [0.1, 0.15) is 118 Å². The smallest absolute Gasteiger partial charge is 0.312 e. The van der Waals surface area contributed by atoms with E-state index in [2.05, 4.69) is 6.92 Å². The van der Waals surface area contributed by atoms with Crippen molar-refractivity contribution in [3.8, 4) is 0 Å². The summed E-state index contributed by atoms with van der Waals surface area (Å²) in [6.07, 6.45) is 12.0. The Kier molecular flexibility index (Phi) is 7.60. The zero-order valence-electron chi connectivity index (χ0n) is 22.5. The van der Waals surface area contributed by atoms with Crippen molar-refractivity contribution in [2.75, 3.05) is 0 Å². The van der Waals surface area contributed by atoms with Crippen molar-refractivity contribution < 1.29 is 28.6 Å². The standard InChI is InChI=1S/C29H46O6/c1-6-29(15-10-8-7-9-11-16-29)35-26(32)28(4,5)14-12-13-27(2,3)25(31)34-22-19-17-20-21(18-19)24(30)33-23(20)22/h19-23H,6-18H2,1-5H3. The van der Waals surface area contributed by atoms with E-state index in [1.54, 1.807) is 0 Å². The molecule has 5 atom stereocenters. The molecular formula is C29H46O6. The van der Waals surface area contributed by atoms with Crippen LogP contribution >= 0.6 is 0 Å². The van der Waals surface area contributed by atoms with Gasteiger partial charge < -0.3 is 14.2 Å². The van der Waals surface area contributed by atoms with Gasteiger partial charge in [-0.15, -0.1) is 0 Å². The van der Waals surface area contributed by atoms with Gasteiger partial charge in [0, 0.05) is 11.8 Å². The number of esters is 3. The van der Waals surface area contributed by atoms with Crippen molar-refractivity contribution >= 4 is 17.9 Å². The Hall–Kier alpha value is -1.59. The highest BCUT2D eigenvalue weighted by molar-refractivity contribution is 5.78. The minimum Gasteiger partial charge on any atom is -0.459 e. The maximum Gasteiger partial charge on any atom is 0.312 e. The van der Waals surface area contributed by atoms with Crippen molar-refractivity contribution in [1.29, 1.82) is 0 Å². The van der Waals surface area contributed by atoms with Gasteiger partial charge in [-0.25, -0.2) is 0 Å². The van der Waals surface area contributed by atoms with E-state index in [4.69, 9.17) is 14.2 Å². The molecular weight excluding hydrogens is 444 g/mol. The van der Waals surface area contributed by atoms with Gasteiger partial charge in [-0.05, 0) is 85.5 Å². The van der Waals surface area contributed by atoms with Crippen LogP contribution in [0.5, 0.6) is 0 Å². The van der Waals surface area contributed by atoms with Gasteiger partial charge in [-0.2, -0.15) is 0 Å². The molecule has 198 valence electrons. The third-order valence-electron chi connectivity index (χ3n) is 9.58. The number of ether oxygens (including phenoxy) is 3. The summed E-state index contributed by atoms with van der Waals surface area (Å²) in [6.45, 7) is 9.90. The first kappa shape index (κ1) is 26.5. The number of carbonyl (C=O) groups is 3. The predicted octanol–water partition coefficient (Wildman–Crippen LogP) is 6.14. The molecule has 0 aromatic carbocycles. The Morgan fingerprint density at radius 2 is 1.54 bits per heavy atom. The molecule has 0 aromatic rings. The summed E-state index contributed by atoms with van der Waals surface area (Å²) in [4.78, 5) is 38.3. The lowest BCUT2D eigenvalue weighted by atomic mass is 9.80. The van der Waals surface area contributed by atoms with Crippen molar-refractivity contribution in [3.63, 3.8) is 0 Å². The second-order valence-corrected chi connectivity index (χ2v) is 13.1. The second kappa shape index (κ2) is 10.0. The van der Waals surface area contributed by atoms with Gasteiger partial charge in [0.1, 0.15) is 17.8 Å². The summed E-state index contributed by atoms with van der Waals surface area (Å²) in [5, 5.41) is 0. The molecule has 0 radical (unpaired) electrons. The Labute approximate surface area is 211 Å². The number of carbonyl (C=O) groups excluding carboxylic acids is 3. The lowest BCUT2D eigenvalue weighted by Crippen LogP contribution is -2.41. The van der Waals surface area contributed by atoms with E-state index in [1.807, 2.05) is 27.7 Å². The van der Waals surface area contributed by atoms with Crippen molar-refractivity contribution in [3.05, 3.63) is 0 Å². The van der Waals surface area contributed by atoms with Crippen LogP contribution in [-0.4, -0.2) is 35.7 Å². The summed E-state index contributed by atoms with van der Waals surface area (Å²) in [6, 6.07) is 0. The first-order valence-electron chi connectivity index (χ1n) is 14.1. The Balaban J connectivity index is 1.27. The molecule has 0 spiro atoms. The minimum absolute atomic E-state index is 0.0178. The summed E-state index contributed by atoms with van der Waals surface area (Å²) < 4.78 is 17.7. The fourth-order valence-corrected chi connectivity index (χ4v) is 6.94. The van der Waals surface area contributed by atoms with E-state index in [-0.39, 0.29) is 53.5 Å². The van der Waals surface area contributed by atoms with E-state index in [0.717, 1.165) is 51.4 Å². The van der Waals surface area contributed by atoms with Crippen LogP contribution in [0.2, 0.25) is 0 Å². The van der Waals surface area contributed by atoms with Crippen LogP contribution in [0.4, 0.5) is 0 Å². The third-order valence-corrected chi connectivity index (χ3v) is 9.58. The number of hydrogen-bond acceptors (Lipinski definition) is 6. The summed E-state index contributed by atoms with van der Waals surface area (Å²) in [7, 11) is 0. The molecule has 4 fully saturated rings. The summed E-state index contributed by atoms with van der Waals surface area (Å²) >= 11 is 0. The fourth-order valence-electron chi connectivity index (χ4n) is 6.94. The van der Waals surface area contributed by atoms with Crippen molar-refractivity contribution in [2.45, 2.75) is 136 Å². The van der Waals surface area contributed by atoms with Crippen molar-refractivity contribution in [2.24, 2.45) is 28.6 Å². The van der Waals surface area contributed by atoms with Crippen LogP contribution in [0, 0.1) is 28.6 Å². The monoisotopic (exact) mass is 490 g/mol. The van der Waals surface area contributed by atoms with E-state index < -0.39 is 10.8 Å². The molecule has 4 rings (SSSR count). The quantitative estimate of drug-likeness (QED) is 0.285. The van der Waals surface area contributed by atoms with Crippen LogP contribution in [0.15, 0.2) is 0 Å². The molecule has 1 heterocycles. The molecule has 1 aliphatic heterocycles. The van der Waals surface area contributed by atoms with Gasteiger partial charge in [0.25, 0.3) is 0 Å². The summed E-state index contributed by atoms with van der Waals surface area (Å²) in [5.74, 6) is 0.0377. The van der Waals surface area contributed by atoms with Gasteiger partial charge in [-0.3, -0.25) is 14.4 Å². The highest BCUT2D eigenvalue weighted by atomic mass is 16.6. The Bertz CT molecular complexity index is 806. The summed E-state index contributed by atoms with van der Waals surface area (Å²) in [5.41, 5.74) is -1.57. The fraction of sp³-hybridized carbons (Fsp3) is 0.897. The lowest BCUT2D eigenvalue weighted by Gasteiger charge is -2.37. The molecule has 0 aromatic heterocycles. The zero-order valence-corrected chi connectivity index (χ0v) is 22.5. The second-order valence-electron chi connectivity index (χ2n) is 13.1. The first-order chi connectivity index (χ1) is 16.5. The van der Waals surface area contributed by atoms with Crippen molar-refractivity contribution in [1.82, 2.24) is 0 Å². The Morgan fingerprint density at radius 1 is 0.943 bits per heavy atom. The van der Waals surface area contributed by atoms with E-state index in [9.17, 15) is 14.4 Å². The van der Waals surface area contributed by atoms with Gasteiger partial charge in [0.2, 0.25) is 0 Å². The Morgan fingerprint density at radius 3 is 2.17 bits per heavy atom. The largest absolute Gasteiger partial charge is 0.459 e. The normalized spacial score (nSPS) is 32.0. The molecule has 2 bridgehead atoms. The molecule has 1 saturated heterocycles. The third kappa shape index (κ3) is 5.41. The maximum atomic E-state index is 13.2. The van der Waals surface area contributed by atoms with Gasteiger partial charge >= 0.3 is 17.9 Å². The highest BCUT2D eigenvalue weighted by Crippen LogP contribution is 2.55. The molecule has 3 aliphatic carbocycles. The van der Waals surface area contributed by atoms with Gasteiger partial charge in [0.05, 0.1) is 16.7 Å². The van der Waals surface area contributed by atoms with Gasteiger partial charge in [-0.1, -0.05) is 32.6 Å². The molecule has 35 heavy (non-hydrogen) atoms. The molecule has 6 nitrogen and oxygen atoms in total. The first-order valence-corrected chi connectivity index (χ1v) is 14.1. The molecule has 6 heteroatoms. The molecule has 5 unspecified atom stereocenters. The molecule has 0 N–H and O–H groups in total. The number of fused-ring (bicyclic) bond motifs is 1. The van der Waals surface area contributed by atoms with Crippen LogP contribution in [0.3, 0.4) is 0 Å². The highest BCUT2D eigenvalue weighted by Gasteiger charge is 2.63. The molecule has 0 amide bonds. The molecule has 4 aliphatic rings. The van der Waals surface area contributed by atoms with Crippen LogP contribution < -0.4 is 0 Å². The van der Waals surface area contributed by atoms with Crippen LogP contribution in [0.25, 0.3) is 0 Å². The number of hydrogen-bond donors (Lipinski definition) is 0. The van der Waals surface area contributed by atoms with E-state index in [1.165, 1.54) is 19.3 Å². The zero-order chi connectivity index (χ0) is 25.4. The SMILES string of the molecule is CCC1(OC(=O)C(C)(C)CCCC(C)(C)C(=O)OC2C3CC4C(=O)OC2C4C3)CCCCCCC1. The topological polar surface area (TPSA) is 78.9 Å². The maximum absolute atomic E-state index is 13.2. The number of rotatable bonds is 9. The minimum atomic E-state index is -0.659. The molecule has 3 saturated carbocycles. The van der Waals surface area contributed by atoms with Gasteiger partial charge in [0.15, 0.2) is 0 Å². The van der Waals surface area contributed by atoms with Crippen LogP contribution in [-0.2, 0) is 28.6 Å². The lowest BCUT2D eigenvalue weighted by molar-refractivity contribution is -0.174. The average Bonchev–Trinajstić information content (AvgIpc) is 3.40.